The lowest BCUT2D eigenvalue weighted by Gasteiger charge is -2.00. The van der Waals surface area contributed by atoms with Gasteiger partial charge in [-0.15, -0.1) is 24.0 Å². The normalized spacial score (nSPS) is 10.7. The monoisotopic (exact) mass is 214 g/mol. The van der Waals surface area contributed by atoms with E-state index in [0.717, 1.165) is 26.3 Å². The summed E-state index contributed by atoms with van der Waals surface area (Å²) in [5.41, 5.74) is 0. The first kappa shape index (κ1) is 8.84. The minimum atomic E-state index is -0.196. The fraction of sp³-hybridized carbons (Fsp3) is 0.111. The predicted octanol–water partition coefficient (Wildman–Crippen LogP) is 3.34. The summed E-state index contributed by atoms with van der Waals surface area (Å²) in [5, 5.41) is 0.644. The lowest BCUT2D eigenvalue weighted by Crippen LogP contribution is -1.81. The molecule has 68 valence electrons. The maximum Gasteiger partial charge on any atom is 0.177 e. The van der Waals surface area contributed by atoms with Crippen LogP contribution in [0, 0.1) is 5.13 Å². The van der Waals surface area contributed by atoms with Gasteiger partial charge in [0.05, 0.1) is 7.11 Å². The van der Waals surface area contributed by atoms with E-state index in [1.165, 1.54) is 6.07 Å². The van der Waals surface area contributed by atoms with Crippen molar-refractivity contribution in [2.24, 2.45) is 0 Å². The molecular weight excluding hydrogens is 207 g/mol. The molecule has 0 aliphatic heterocycles. The van der Waals surface area contributed by atoms with Crippen LogP contribution in [-0.4, -0.2) is 7.11 Å². The Bertz CT molecular complexity index is 450. The Labute approximate surface area is 84.6 Å². The Kier molecular flexibility index (Phi) is 2.17. The first-order valence-corrected chi connectivity index (χ1v) is 4.93. The molecule has 1 aromatic heterocycles. The van der Waals surface area contributed by atoms with E-state index in [1.54, 1.807) is 13.2 Å². The van der Waals surface area contributed by atoms with E-state index in [1.807, 2.05) is 6.07 Å². The summed E-state index contributed by atoms with van der Waals surface area (Å²) in [5.74, 6) is 0.708. The number of hydrogen-bond donors (Lipinski definition) is 1. The maximum absolute atomic E-state index is 12.9. The van der Waals surface area contributed by atoms with Gasteiger partial charge in [0, 0.05) is 15.0 Å². The van der Waals surface area contributed by atoms with Crippen LogP contribution in [0.4, 0.5) is 4.39 Å². The van der Waals surface area contributed by atoms with Crippen LogP contribution in [-0.2, 0) is 0 Å². The molecular formula is C9H7FOS2. The Balaban J connectivity index is 2.75. The van der Waals surface area contributed by atoms with Gasteiger partial charge in [0.1, 0.15) is 5.75 Å². The van der Waals surface area contributed by atoms with E-state index < -0.39 is 0 Å². The average molecular weight is 214 g/mol. The first-order chi connectivity index (χ1) is 6.20. The molecule has 2 rings (SSSR count). The van der Waals surface area contributed by atoms with Crippen LogP contribution in [0.1, 0.15) is 0 Å². The number of fused-ring (bicyclic) bond motifs is 1. The number of halogens is 1. The van der Waals surface area contributed by atoms with Crippen LogP contribution in [0.25, 0.3) is 10.1 Å². The van der Waals surface area contributed by atoms with Crippen LogP contribution < -0.4 is 4.74 Å². The van der Waals surface area contributed by atoms with Crippen molar-refractivity contribution in [1.29, 1.82) is 0 Å². The lowest BCUT2D eigenvalue weighted by molar-refractivity contribution is 0.414. The van der Waals surface area contributed by atoms with Crippen molar-refractivity contribution in [1.82, 2.24) is 0 Å². The van der Waals surface area contributed by atoms with Crippen LogP contribution in [0.2, 0.25) is 0 Å². The standard InChI is InChI=1S/C9H7FOS2/c1-11-5-2-7(12)6-4-9(10)13-8(6)3-5/h2-4,12H,1H3. The highest BCUT2D eigenvalue weighted by Crippen LogP contribution is 2.33. The number of rotatable bonds is 1. The molecule has 1 aromatic carbocycles. The Hall–Kier alpha value is -0.740. The van der Waals surface area contributed by atoms with E-state index in [2.05, 4.69) is 12.6 Å². The smallest absolute Gasteiger partial charge is 0.177 e. The minimum absolute atomic E-state index is 0.196. The molecule has 13 heavy (non-hydrogen) atoms. The van der Waals surface area contributed by atoms with Gasteiger partial charge in [0.25, 0.3) is 0 Å². The van der Waals surface area contributed by atoms with Gasteiger partial charge in [0.2, 0.25) is 0 Å². The van der Waals surface area contributed by atoms with Crippen LogP contribution in [0.3, 0.4) is 0 Å². The van der Waals surface area contributed by atoms with Gasteiger partial charge in [0.15, 0.2) is 5.13 Å². The Morgan fingerprint density at radius 3 is 2.85 bits per heavy atom. The first-order valence-electron chi connectivity index (χ1n) is 3.67. The van der Waals surface area contributed by atoms with Crippen LogP contribution >= 0.6 is 24.0 Å². The molecule has 1 nitrogen and oxygen atoms in total. The van der Waals surface area contributed by atoms with Gasteiger partial charge in [-0.25, -0.2) is 0 Å². The zero-order valence-electron chi connectivity index (χ0n) is 6.87. The molecule has 0 fully saturated rings. The highest BCUT2D eigenvalue weighted by Gasteiger charge is 2.06. The number of methoxy groups -OCH3 is 1. The van der Waals surface area contributed by atoms with E-state index in [4.69, 9.17) is 4.74 Å². The third-order valence-electron chi connectivity index (χ3n) is 1.79. The van der Waals surface area contributed by atoms with Crippen LogP contribution in [0.5, 0.6) is 5.75 Å². The Morgan fingerprint density at radius 1 is 1.38 bits per heavy atom. The number of thiophene rings is 1. The van der Waals surface area contributed by atoms with Crippen molar-refractivity contribution >= 4 is 34.1 Å². The molecule has 1 heterocycles. The molecule has 0 N–H and O–H groups in total. The van der Waals surface area contributed by atoms with Gasteiger partial charge in [-0.3, -0.25) is 0 Å². The van der Waals surface area contributed by atoms with Crippen molar-refractivity contribution in [3.63, 3.8) is 0 Å². The summed E-state index contributed by atoms with van der Waals surface area (Å²) in [4.78, 5) is 0.745. The summed E-state index contributed by atoms with van der Waals surface area (Å²) < 4.78 is 18.8. The number of benzene rings is 1. The molecule has 0 bridgehead atoms. The Morgan fingerprint density at radius 2 is 2.15 bits per heavy atom. The van der Waals surface area contributed by atoms with E-state index in [-0.39, 0.29) is 5.13 Å². The zero-order valence-corrected chi connectivity index (χ0v) is 8.58. The van der Waals surface area contributed by atoms with Gasteiger partial charge >= 0.3 is 0 Å². The lowest BCUT2D eigenvalue weighted by atomic mass is 10.2. The van der Waals surface area contributed by atoms with Gasteiger partial charge in [-0.2, -0.15) is 4.39 Å². The summed E-state index contributed by atoms with van der Waals surface area (Å²) in [6.45, 7) is 0. The summed E-state index contributed by atoms with van der Waals surface area (Å²) in [7, 11) is 1.58. The van der Waals surface area contributed by atoms with E-state index in [0.29, 0.717) is 5.75 Å². The van der Waals surface area contributed by atoms with Gasteiger partial charge in [-0.1, -0.05) is 0 Å². The SMILES string of the molecule is COc1cc(S)c2cc(F)sc2c1. The summed E-state index contributed by atoms with van der Waals surface area (Å²) in [6.07, 6.45) is 0. The highest BCUT2D eigenvalue weighted by molar-refractivity contribution is 7.80. The van der Waals surface area contributed by atoms with Gasteiger partial charge < -0.3 is 4.74 Å². The molecule has 2 aromatic rings. The van der Waals surface area contributed by atoms with Gasteiger partial charge in [-0.05, 0) is 18.2 Å². The topological polar surface area (TPSA) is 9.23 Å². The number of thiol groups is 1. The molecule has 0 atom stereocenters. The third-order valence-corrected chi connectivity index (χ3v) is 3.04. The number of ether oxygens (including phenoxy) is 1. The fourth-order valence-electron chi connectivity index (χ4n) is 1.18. The predicted molar refractivity (Wildman–Crippen MR) is 55.6 cm³/mol. The van der Waals surface area contributed by atoms with E-state index in [9.17, 15) is 4.39 Å². The summed E-state index contributed by atoms with van der Waals surface area (Å²) >= 11 is 5.35. The summed E-state index contributed by atoms with van der Waals surface area (Å²) in [6, 6.07) is 5.07. The zero-order chi connectivity index (χ0) is 9.42. The molecule has 4 heteroatoms. The second-order valence-corrected chi connectivity index (χ2v) is 4.12. The van der Waals surface area contributed by atoms with Crippen LogP contribution in [0.15, 0.2) is 23.1 Å². The second kappa shape index (κ2) is 3.20. The largest absolute Gasteiger partial charge is 0.497 e. The molecule has 0 saturated heterocycles. The van der Waals surface area contributed by atoms with Crippen molar-refractivity contribution in [2.75, 3.05) is 7.11 Å². The molecule has 0 aliphatic rings. The molecule has 0 amide bonds. The molecule has 0 spiro atoms. The number of hydrogen-bond acceptors (Lipinski definition) is 3. The molecule has 0 unspecified atom stereocenters. The molecule has 0 saturated carbocycles. The van der Waals surface area contributed by atoms with Crippen molar-refractivity contribution in [2.45, 2.75) is 4.90 Å². The minimum Gasteiger partial charge on any atom is -0.497 e. The maximum atomic E-state index is 12.9. The highest BCUT2D eigenvalue weighted by atomic mass is 32.1. The second-order valence-electron chi connectivity index (χ2n) is 2.61. The quantitative estimate of drug-likeness (QED) is 0.716. The van der Waals surface area contributed by atoms with E-state index >= 15 is 0 Å². The van der Waals surface area contributed by atoms with Crippen molar-refractivity contribution < 1.29 is 9.13 Å². The molecule has 0 aliphatic carbocycles. The van der Waals surface area contributed by atoms with Crippen molar-refractivity contribution in [3.8, 4) is 5.75 Å². The fourth-order valence-corrected chi connectivity index (χ4v) is 2.41. The molecule has 0 radical (unpaired) electrons. The average Bonchev–Trinajstić information content (AvgIpc) is 2.46. The third kappa shape index (κ3) is 1.51. The van der Waals surface area contributed by atoms with Crippen molar-refractivity contribution in [3.05, 3.63) is 23.3 Å².